The largest absolute Gasteiger partial charge is 0.338 e. The van der Waals surface area contributed by atoms with Crippen LogP contribution in [0.1, 0.15) is 36.3 Å². The molecule has 4 heteroatoms. The zero-order valence-electron chi connectivity index (χ0n) is 13.2. The molecule has 0 radical (unpaired) electrons. The zero-order chi connectivity index (χ0) is 15.0. The molecule has 2 fully saturated rings. The molecule has 2 atom stereocenters. The van der Waals surface area contributed by atoms with E-state index in [1.165, 1.54) is 13.0 Å². The van der Waals surface area contributed by atoms with Crippen LogP contribution in [-0.2, 0) is 0 Å². The van der Waals surface area contributed by atoms with Crippen molar-refractivity contribution >= 4 is 5.91 Å². The number of fused-ring (bicyclic) bond motifs is 1. The predicted molar refractivity (Wildman–Crippen MR) is 83.2 cm³/mol. The molecule has 2 saturated heterocycles. The van der Waals surface area contributed by atoms with Crippen molar-refractivity contribution in [2.45, 2.75) is 33.2 Å². The van der Waals surface area contributed by atoms with Crippen molar-refractivity contribution in [1.82, 2.24) is 14.8 Å². The Kier molecular flexibility index (Phi) is 3.98. The van der Waals surface area contributed by atoms with E-state index in [1.54, 1.807) is 6.20 Å². The summed E-state index contributed by atoms with van der Waals surface area (Å²) in [5.41, 5.74) is 1.68. The van der Waals surface area contributed by atoms with E-state index in [1.807, 2.05) is 24.0 Å². The number of likely N-dealkylation sites (tertiary alicyclic amines) is 2. The predicted octanol–water partition coefficient (Wildman–Crippen LogP) is 2.19. The number of hydrogen-bond donors (Lipinski definition) is 0. The molecule has 0 saturated carbocycles. The SMILES string of the molecule is Cc1ccc(C(=O)N2C[C@H]3CCN(C(C)C)C[C@H]3C2)cn1. The zero-order valence-corrected chi connectivity index (χ0v) is 13.2. The van der Waals surface area contributed by atoms with Crippen molar-refractivity contribution in [2.24, 2.45) is 11.8 Å². The summed E-state index contributed by atoms with van der Waals surface area (Å²) in [6, 6.07) is 4.42. The van der Waals surface area contributed by atoms with Crippen LogP contribution in [0, 0.1) is 18.8 Å². The number of pyridine rings is 1. The second-order valence-electron chi connectivity index (χ2n) is 6.80. The van der Waals surface area contributed by atoms with Gasteiger partial charge in [-0.3, -0.25) is 9.78 Å². The van der Waals surface area contributed by atoms with E-state index in [0.717, 1.165) is 30.9 Å². The Morgan fingerprint density at radius 1 is 1.24 bits per heavy atom. The summed E-state index contributed by atoms with van der Waals surface area (Å²) in [5.74, 6) is 1.47. The van der Waals surface area contributed by atoms with Crippen molar-refractivity contribution in [3.63, 3.8) is 0 Å². The molecule has 0 aromatic carbocycles. The van der Waals surface area contributed by atoms with Gasteiger partial charge in [-0.1, -0.05) is 0 Å². The Bertz CT molecular complexity index is 511. The standard InChI is InChI=1S/C17H25N3O/c1-12(2)19-7-6-15-9-20(11-16(15)10-19)17(21)14-5-4-13(3)18-8-14/h4-5,8,12,15-16H,6-7,9-11H2,1-3H3/t15-,16+/m1/s1. The van der Waals surface area contributed by atoms with Crippen LogP contribution < -0.4 is 0 Å². The molecule has 0 unspecified atom stereocenters. The van der Waals surface area contributed by atoms with Crippen molar-refractivity contribution in [1.29, 1.82) is 0 Å². The number of carbonyl (C=O) groups excluding carboxylic acids is 1. The molecule has 1 amide bonds. The number of rotatable bonds is 2. The summed E-state index contributed by atoms with van der Waals surface area (Å²) in [4.78, 5) is 21.4. The van der Waals surface area contributed by atoms with Gasteiger partial charge in [-0.15, -0.1) is 0 Å². The fraction of sp³-hybridized carbons (Fsp3) is 0.647. The first kappa shape index (κ1) is 14.5. The van der Waals surface area contributed by atoms with Gasteiger partial charge in [-0.25, -0.2) is 0 Å². The Labute approximate surface area is 127 Å². The van der Waals surface area contributed by atoms with E-state index in [2.05, 4.69) is 23.7 Å². The second-order valence-corrected chi connectivity index (χ2v) is 6.80. The lowest BCUT2D eigenvalue weighted by atomic mass is 9.88. The van der Waals surface area contributed by atoms with Gasteiger partial charge in [0.1, 0.15) is 0 Å². The third kappa shape index (κ3) is 2.95. The fourth-order valence-corrected chi connectivity index (χ4v) is 3.61. The topological polar surface area (TPSA) is 36.4 Å². The van der Waals surface area contributed by atoms with Gasteiger partial charge in [0.15, 0.2) is 0 Å². The summed E-state index contributed by atoms with van der Waals surface area (Å²) < 4.78 is 0. The maximum Gasteiger partial charge on any atom is 0.255 e. The van der Waals surface area contributed by atoms with Gasteiger partial charge in [0, 0.05) is 37.6 Å². The molecule has 3 rings (SSSR count). The van der Waals surface area contributed by atoms with Gasteiger partial charge in [0.05, 0.1) is 5.56 Å². The van der Waals surface area contributed by atoms with Crippen LogP contribution in [0.25, 0.3) is 0 Å². The molecule has 2 aliphatic heterocycles. The van der Waals surface area contributed by atoms with Crippen molar-refractivity contribution in [3.05, 3.63) is 29.6 Å². The van der Waals surface area contributed by atoms with E-state index >= 15 is 0 Å². The quantitative estimate of drug-likeness (QED) is 0.836. The van der Waals surface area contributed by atoms with E-state index in [4.69, 9.17) is 0 Å². The highest BCUT2D eigenvalue weighted by Gasteiger charge is 2.39. The smallest absolute Gasteiger partial charge is 0.255 e. The number of amides is 1. The summed E-state index contributed by atoms with van der Waals surface area (Å²) >= 11 is 0. The molecule has 0 aliphatic carbocycles. The number of nitrogens with zero attached hydrogens (tertiary/aromatic N) is 3. The molecule has 3 heterocycles. The lowest BCUT2D eigenvalue weighted by molar-refractivity contribution is 0.0783. The maximum atomic E-state index is 12.6. The molecule has 0 spiro atoms. The first-order valence-electron chi connectivity index (χ1n) is 8.00. The van der Waals surface area contributed by atoms with Crippen molar-refractivity contribution < 1.29 is 4.79 Å². The minimum absolute atomic E-state index is 0.146. The van der Waals surface area contributed by atoms with E-state index in [0.29, 0.717) is 17.9 Å². The molecule has 21 heavy (non-hydrogen) atoms. The summed E-state index contributed by atoms with van der Waals surface area (Å²) in [6.07, 6.45) is 2.93. The molecule has 2 aliphatic rings. The molecular formula is C17H25N3O. The highest BCUT2D eigenvalue weighted by molar-refractivity contribution is 5.94. The lowest BCUT2D eigenvalue weighted by Crippen LogP contribution is -2.43. The van der Waals surface area contributed by atoms with E-state index in [-0.39, 0.29) is 5.91 Å². The van der Waals surface area contributed by atoms with Crippen molar-refractivity contribution in [2.75, 3.05) is 26.2 Å². The number of aromatic nitrogens is 1. The van der Waals surface area contributed by atoms with Gasteiger partial charge < -0.3 is 9.80 Å². The van der Waals surface area contributed by atoms with Gasteiger partial charge >= 0.3 is 0 Å². The first-order chi connectivity index (χ1) is 10.0. The number of carbonyl (C=O) groups is 1. The molecular weight excluding hydrogens is 262 g/mol. The highest BCUT2D eigenvalue weighted by atomic mass is 16.2. The van der Waals surface area contributed by atoms with Gasteiger partial charge in [0.25, 0.3) is 5.91 Å². The molecule has 114 valence electrons. The van der Waals surface area contributed by atoms with Crippen LogP contribution in [0.4, 0.5) is 0 Å². The van der Waals surface area contributed by atoms with Crippen LogP contribution in [0.2, 0.25) is 0 Å². The third-order valence-electron chi connectivity index (χ3n) is 5.01. The highest BCUT2D eigenvalue weighted by Crippen LogP contribution is 2.32. The number of piperidine rings is 1. The third-order valence-corrected chi connectivity index (χ3v) is 5.01. The van der Waals surface area contributed by atoms with Crippen LogP contribution >= 0.6 is 0 Å². The lowest BCUT2D eigenvalue weighted by Gasteiger charge is -2.36. The fourth-order valence-electron chi connectivity index (χ4n) is 3.61. The monoisotopic (exact) mass is 287 g/mol. The van der Waals surface area contributed by atoms with Crippen LogP contribution in [0.5, 0.6) is 0 Å². The summed E-state index contributed by atoms with van der Waals surface area (Å²) in [7, 11) is 0. The molecule has 4 nitrogen and oxygen atoms in total. The van der Waals surface area contributed by atoms with Crippen molar-refractivity contribution in [3.8, 4) is 0 Å². The molecule has 1 aromatic heterocycles. The van der Waals surface area contributed by atoms with E-state index in [9.17, 15) is 4.79 Å². The van der Waals surface area contributed by atoms with Gasteiger partial charge in [-0.05, 0) is 57.7 Å². The Hall–Kier alpha value is -1.42. The van der Waals surface area contributed by atoms with Gasteiger partial charge in [-0.2, -0.15) is 0 Å². The van der Waals surface area contributed by atoms with Crippen LogP contribution in [0.15, 0.2) is 18.3 Å². The summed E-state index contributed by atoms with van der Waals surface area (Å²) in [5, 5.41) is 0. The van der Waals surface area contributed by atoms with E-state index < -0.39 is 0 Å². The normalized spacial score (nSPS) is 26.2. The number of hydrogen-bond acceptors (Lipinski definition) is 3. The second kappa shape index (κ2) is 5.76. The molecule has 0 bridgehead atoms. The Morgan fingerprint density at radius 2 is 2.00 bits per heavy atom. The minimum atomic E-state index is 0.146. The average Bonchev–Trinajstić information content (AvgIpc) is 2.90. The Morgan fingerprint density at radius 3 is 2.67 bits per heavy atom. The first-order valence-corrected chi connectivity index (χ1v) is 8.00. The molecule has 0 N–H and O–H groups in total. The number of aryl methyl sites for hydroxylation is 1. The Balaban J connectivity index is 1.66. The summed E-state index contributed by atoms with van der Waals surface area (Å²) in [6.45, 7) is 10.6. The van der Waals surface area contributed by atoms with Crippen LogP contribution in [0.3, 0.4) is 0 Å². The average molecular weight is 287 g/mol. The minimum Gasteiger partial charge on any atom is -0.338 e. The molecule has 1 aromatic rings. The van der Waals surface area contributed by atoms with Crippen LogP contribution in [-0.4, -0.2) is 52.9 Å². The maximum absolute atomic E-state index is 12.6. The van der Waals surface area contributed by atoms with Gasteiger partial charge in [0.2, 0.25) is 0 Å².